The van der Waals surface area contributed by atoms with Crippen molar-refractivity contribution >= 4 is 23.3 Å². The number of esters is 1. The fourth-order valence-corrected chi connectivity index (χ4v) is 1.24. The molecule has 14 heavy (non-hydrogen) atoms. The summed E-state index contributed by atoms with van der Waals surface area (Å²) in [6.07, 6.45) is 0. The first-order valence-corrected chi connectivity index (χ1v) is 4.50. The van der Waals surface area contributed by atoms with Gasteiger partial charge in [0.15, 0.2) is 0 Å². The largest absolute Gasteiger partial charge is 0.462 e. The lowest BCUT2D eigenvalue weighted by atomic mass is 10.2. The van der Waals surface area contributed by atoms with E-state index in [1.54, 1.807) is 25.1 Å². The van der Waals surface area contributed by atoms with Crippen LogP contribution in [0.25, 0.3) is 0 Å². The first kappa shape index (κ1) is 10.8. The molecule has 0 spiro atoms. The number of nitrogens with two attached hydrogens (primary N) is 1. The van der Waals surface area contributed by atoms with Crippen LogP contribution in [0.1, 0.15) is 17.3 Å². The second kappa shape index (κ2) is 4.83. The Balaban J connectivity index is 2.94. The van der Waals surface area contributed by atoms with Gasteiger partial charge in [-0.2, -0.15) is 0 Å². The third-order valence-electron chi connectivity index (χ3n) is 1.63. The maximum Gasteiger partial charge on any atom is 0.339 e. The van der Waals surface area contributed by atoms with Crippen LogP contribution in [-0.2, 0) is 4.74 Å². The van der Waals surface area contributed by atoms with E-state index in [0.717, 1.165) is 0 Å². The molecule has 0 aromatic heterocycles. The van der Waals surface area contributed by atoms with Crippen LogP contribution in [0.15, 0.2) is 18.2 Å². The molecule has 0 amide bonds. The quantitative estimate of drug-likeness (QED) is 0.458. The van der Waals surface area contributed by atoms with Gasteiger partial charge < -0.3 is 10.2 Å². The summed E-state index contributed by atoms with van der Waals surface area (Å²) in [5, 5.41) is 0.318. The zero-order chi connectivity index (χ0) is 10.6. The molecule has 5 heteroatoms. The van der Waals surface area contributed by atoms with E-state index < -0.39 is 5.97 Å². The van der Waals surface area contributed by atoms with E-state index in [2.05, 4.69) is 5.43 Å². The minimum Gasteiger partial charge on any atom is -0.462 e. The van der Waals surface area contributed by atoms with Gasteiger partial charge in [-0.15, -0.1) is 0 Å². The van der Waals surface area contributed by atoms with Gasteiger partial charge in [0.05, 0.1) is 17.2 Å². The second-order valence-corrected chi connectivity index (χ2v) is 2.97. The highest BCUT2D eigenvalue weighted by molar-refractivity contribution is 6.33. The molecule has 1 aromatic carbocycles. The van der Waals surface area contributed by atoms with E-state index in [-0.39, 0.29) is 0 Å². The molecule has 76 valence electrons. The molecule has 1 aromatic rings. The van der Waals surface area contributed by atoms with Crippen molar-refractivity contribution in [2.45, 2.75) is 6.92 Å². The Labute approximate surface area is 87.0 Å². The lowest BCUT2D eigenvalue weighted by molar-refractivity contribution is 0.0526. The molecule has 0 heterocycles. The molecule has 0 saturated heterocycles. The van der Waals surface area contributed by atoms with E-state index >= 15 is 0 Å². The number of hydrogen-bond donors (Lipinski definition) is 2. The van der Waals surface area contributed by atoms with Crippen LogP contribution in [0.3, 0.4) is 0 Å². The minimum absolute atomic E-state index is 0.318. The summed E-state index contributed by atoms with van der Waals surface area (Å²) >= 11 is 5.84. The predicted molar refractivity (Wildman–Crippen MR) is 55.2 cm³/mol. The van der Waals surface area contributed by atoms with Crippen molar-refractivity contribution in [2.24, 2.45) is 5.84 Å². The Bertz CT molecular complexity index is 342. The topological polar surface area (TPSA) is 64.3 Å². The standard InChI is InChI=1S/C9H11ClN2O2/c1-2-14-9(13)7-4-3-6(12-11)5-8(7)10/h3-5,12H,2,11H2,1H3. The molecule has 0 unspecified atom stereocenters. The van der Waals surface area contributed by atoms with Crippen LogP contribution in [-0.4, -0.2) is 12.6 Å². The first-order valence-electron chi connectivity index (χ1n) is 4.12. The Morgan fingerprint density at radius 3 is 2.86 bits per heavy atom. The highest BCUT2D eigenvalue weighted by Gasteiger charge is 2.10. The summed E-state index contributed by atoms with van der Waals surface area (Å²) in [5.74, 6) is 4.75. The zero-order valence-electron chi connectivity index (χ0n) is 7.71. The van der Waals surface area contributed by atoms with Gasteiger partial charge >= 0.3 is 5.97 Å². The lowest BCUT2D eigenvalue weighted by Crippen LogP contribution is -2.09. The lowest BCUT2D eigenvalue weighted by Gasteiger charge is -2.05. The van der Waals surface area contributed by atoms with Crippen LogP contribution in [0.4, 0.5) is 5.69 Å². The molecule has 0 radical (unpaired) electrons. The summed E-state index contributed by atoms with van der Waals surface area (Å²) in [6, 6.07) is 4.78. The average Bonchev–Trinajstić information content (AvgIpc) is 2.17. The molecule has 0 aliphatic heterocycles. The van der Waals surface area contributed by atoms with Gasteiger partial charge in [0.2, 0.25) is 0 Å². The number of ether oxygens (including phenoxy) is 1. The number of halogens is 1. The molecule has 0 bridgehead atoms. The van der Waals surface area contributed by atoms with Crippen molar-refractivity contribution in [1.82, 2.24) is 0 Å². The fraction of sp³-hybridized carbons (Fsp3) is 0.222. The number of benzene rings is 1. The molecule has 0 fully saturated rings. The molecular formula is C9H11ClN2O2. The number of carbonyl (C=O) groups is 1. The van der Waals surface area contributed by atoms with Crippen LogP contribution >= 0.6 is 11.6 Å². The summed E-state index contributed by atoms with van der Waals surface area (Å²) in [4.78, 5) is 11.3. The van der Waals surface area contributed by atoms with Gasteiger partial charge in [0.25, 0.3) is 0 Å². The number of nitrogen functional groups attached to an aromatic ring is 1. The van der Waals surface area contributed by atoms with E-state index in [9.17, 15) is 4.79 Å². The van der Waals surface area contributed by atoms with Crippen LogP contribution < -0.4 is 11.3 Å². The molecule has 0 saturated carbocycles. The van der Waals surface area contributed by atoms with Crippen molar-refractivity contribution in [1.29, 1.82) is 0 Å². The van der Waals surface area contributed by atoms with Crippen LogP contribution in [0, 0.1) is 0 Å². The molecule has 4 nitrogen and oxygen atoms in total. The maximum atomic E-state index is 11.3. The van der Waals surface area contributed by atoms with Crippen molar-refractivity contribution in [3.05, 3.63) is 28.8 Å². The van der Waals surface area contributed by atoms with E-state index in [1.807, 2.05) is 0 Å². The fourth-order valence-electron chi connectivity index (χ4n) is 0.979. The van der Waals surface area contributed by atoms with Crippen molar-refractivity contribution in [3.8, 4) is 0 Å². The van der Waals surface area contributed by atoms with Gasteiger partial charge in [-0.25, -0.2) is 4.79 Å². The van der Waals surface area contributed by atoms with Gasteiger partial charge in [0.1, 0.15) is 0 Å². The number of rotatable bonds is 3. The highest BCUT2D eigenvalue weighted by Crippen LogP contribution is 2.21. The number of nitrogens with one attached hydrogen (secondary N) is 1. The van der Waals surface area contributed by atoms with Gasteiger partial charge in [-0.05, 0) is 25.1 Å². The number of hydrazine groups is 1. The molecule has 0 aliphatic rings. The smallest absolute Gasteiger partial charge is 0.339 e. The highest BCUT2D eigenvalue weighted by atomic mass is 35.5. The average molecular weight is 215 g/mol. The third kappa shape index (κ3) is 2.37. The van der Waals surface area contributed by atoms with Gasteiger partial charge in [-0.3, -0.25) is 5.84 Å². The monoisotopic (exact) mass is 214 g/mol. The molecule has 0 aliphatic carbocycles. The summed E-state index contributed by atoms with van der Waals surface area (Å²) in [5.41, 5.74) is 3.41. The summed E-state index contributed by atoms with van der Waals surface area (Å²) < 4.78 is 4.81. The van der Waals surface area contributed by atoms with E-state index in [0.29, 0.717) is 22.9 Å². The zero-order valence-corrected chi connectivity index (χ0v) is 8.47. The predicted octanol–water partition coefficient (Wildman–Crippen LogP) is 1.80. The Kier molecular flexibility index (Phi) is 3.73. The Hall–Kier alpha value is -1.26. The first-order chi connectivity index (χ1) is 6.69. The van der Waals surface area contributed by atoms with Crippen molar-refractivity contribution in [3.63, 3.8) is 0 Å². The minimum atomic E-state index is -0.430. The Morgan fingerprint density at radius 1 is 1.64 bits per heavy atom. The molecule has 0 atom stereocenters. The van der Waals surface area contributed by atoms with Crippen molar-refractivity contribution in [2.75, 3.05) is 12.0 Å². The molecular weight excluding hydrogens is 204 g/mol. The van der Waals surface area contributed by atoms with E-state index in [1.165, 1.54) is 0 Å². The van der Waals surface area contributed by atoms with Gasteiger partial charge in [-0.1, -0.05) is 11.6 Å². The number of carbonyl (C=O) groups excluding carboxylic acids is 1. The maximum absolute atomic E-state index is 11.3. The van der Waals surface area contributed by atoms with Gasteiger partial charge in [0, 0.05) is 5.69 Å². The van der Waals surface area contributed by atoms with Crippen LogP contribution in [0.2, 0.25) is 5.02 Å². The number of anilines is 1. The van der Waals surface area contributed by atoms with Crippen molar-refractivity contribution < 1.29 is 9.53 Å². The summed E-state index contributed by atoms with van der Waals surface area (Å²) in [7, 11) is 0. The summed E-state index contributed by atoms with van der Waals surface area (Å²) in [6.45, 7) is 2.06. The molecule has 1 rings (SSSR count). The normalized spacial score (nSPS) is 9.64. The SMILES string of the molecule is CCOC(=O)c1ccc(NN)cc1Cl. The third-order valence-corrected chi connectivity index (χ3v) is 1.94. The van der Waals surface area contributed by atoms with Crippen LogP contribution in [0.5, 0.6) is 0 Å². The molecule has 3 N–H and O–H groups in total. The second-order valence-electron chi connectivity index (χ2n) is 2.56. The Morgan fingerprint density at radius 2 is 2.36 bits per heavy atom. The van der Waals surface area contributed by atoms with E-state index in [4.69, 9.17) is 22.2 Å². The number of hydrogen-bond acceptors (Lipinski definition) is 4.